The van der Waals surface area contributed by atoms with Gasteiger partial charge in [0.25, 0.3) is 10.0 Å². The zero-order valence-corrected chi connectivity index (χ0v) is 15.5. The molecular formula is C16H22N2O5S2. The van der Waals surface area contributed by atoms with Crippen LogP contribution in [-0.2, 0) is 26.0 Å². The Morgan fingerprint density at radius 2 is 1.88 bits per heavy atom. The number of aliphatic carboxylic acids is 1. The maximum atomic E-state index is 12.5. The van der Waals surface area contributed by atoms with Gasteiger partial charge in [0.1, 0.15) is 4.21 Å². The fourth-order valence-electron chi connectivity index (χ4n) is 3.31. The molecule has 3 heterocycles. The van der Waals surface area contributed by atoms with Crippen LogP contribution in [0.15, 0.2) is 16.3 Å². The van der Waals surface area contributed by atoms with Crippen molar-refractivity contribution in [3.05, 3.63) is 17.0 Å². The van der Waals surface area contributed by atoms with Crippen molar-refractivity contribution >= 4 is 33.2 Å². The first-order valence-electron chi connectivity index (χ1n) is 8.47. The molecule has 0 saturated carbocycles. The molecule has 9 heteroatoms. The second-order valence-electron chi connectivity index (χ2n) is 6.53. The minimum Gasteiger partial charge on any atom is -0.481 e. The number of carboxylic acids is 1. The molecule has 138 valence electrons. The van der Waals surface area contributed by atoms with Gasteiger partial charge in [0.15, 0.2) is 0 Å². The fraction of sp³-hybridized carbons (Fsp3) is 0.625. The van der Waals surface area contributed by atoms with E-state index >= 15 is 0 Å². The van der Waals surface area contributed by atoms with Crippen molar-refractivity contribution in [3.8, 4) is 0 Å². The maximum absolute atomic E-state index is 12.5. The largest absolute Gasteiger partial charge is 0.481 e. The Kier molecular flexibility index (Phi) is 5.45. The summed E-state index contributed by atoms with van der Waals surface area (Å²) in [7, 11) is -3.45. The van der Waals surface area contributed by atoms with Crippen molar-refractivity contribution in [2.75, 3.05) is 26.2 Å². The molecule has 0 aromatic carbocycles. The Bertz CT molecular complexity index is 752. The number of carbonyl (C=O) groups is 2. The van der Waals surface area contributed by atoms with Gasteiger partial charge in [-0.25, -0.2) is 8.42 Å². The van der Waals surface area contributed by atoms with E-state index in [9.17, 15) is 18.0 Å². The van der Waals surface area contributed by atoms with E-state index in [0.717, 1.165) is 24.2 Å². The van der Waals surface area contributed by atoms with Gasteiger partial charge < -0.3 is 10.0 Å². The molecule has 0 bridgehead atoms. The van der Waals surface area contributed by atoms with Gasteiger partial charge in [-0.3, -0.25) is 9.59 Å². The number of hydrogen-bond acceptors (Lipinski definition) is 5. The molecule has 1 amide bonds. The number of rotatable bonds is 5. The third kappa shape index (κ3) is 4.04. The van der Waals surface area contributed by atoms with E-state index in [4.69, 9.17) is 5.11 Å². The first-order chi connectivity index (χ1) is 11.9. The molecule has 25 heavy (non-hydrogen) atoms. The summed E-state index contributed by atoms with van der Waals surface area (Å²) in [5.41, 5.74) is 0. The molecule has 2 fully saturated rings. The van der Waals surface area contributed by atoms with Gasteiger partial charge in [0.05, 0.1) is 12.3 Å². The van der Waals surface area contributed by atoms with E-state index in [1.165, 1.54) is 4.31 Å². The van der Waals surface area contributed by atoms with E-state index in [2.05, 4.69) is 0 Å². The highest BCUT2D eigenvalue weighted by molar-refractivity contribution is 7.91. The summed E-state index contributed by atoms with van der Waals surface area (Å²) in [5, 5.41) is 9.12. The van der Waals surface area contributed by atoms with Gasteiger partial charge in [-0.2, -0.15) is 4.31 Å². The quantitative estimate of drug-likeness (QED) is 0.825. The fourth-order valence-corrected chi connectivity index (χ4v) is 6.33. The van der Waals surface area contributed by atoms with E-state index < -0.39 is 21.9 Å². The van der Waals surface area contributed by atoms with Crippen LogP contribution in [0.2, 0.25) is 0 Å². The van der Waals surface area contributed by atoms with Gasteiger partial charge in [0.2, 0.25) is 5.91 Å². The lowest BCUT2D eigenvalue weighted by Gasteiger charge is -2.30. The number of amides is 1. The molecule has 0 radical (unpaired) electrons. The van der Waals surface area contributed by atoms with Gasteiger partial charge in [-0.05, 0) is 37.8 Å². The molecule has 1 atom stereocenters. The van der Waals surface area contributed by atoms with Crippen LogP contribution in [-0.4, -0.2) is 60.8 Å². The number of hydrogen-bond donors (Lipinski definition) is 1. The Morgan fingerprint density at radius 1 is 1.16 bits per heavy atom. The van der Waals surface area contributed by atoms with Gasteiger partial charge in [0, 0.05) is 31.1 Å². The molecule has 2 saturated heterocycles. The van der Waals surface area contributed by atoms with E-state index in [-0.39, 0.29) is 23.1 Å². The lowest BCUT2D eigenvalue weighted by molar-refractivity contribution is -0.145. The van der Waals surface area contributed by atoms with Crippen LogP contribution < -0.4 is 0 Å². The Labute approximate surface area is 151 Å². The summed E-state index contributed by atoms with van der Waals surface area (Å²) in [5.74, 6) is -1.52. The minimum absolute atomic E-state index is 0.118. The SMILES string of the molecule is O=C(O)C1CCCN(C(=O)Cc2ccc(S(=O)(=O)N3CCCC3)s2)C1. The Morgan fingerprint density at radius 3 is 2.56 bits per heavy atom. The molecule has 0 aliphatic carbocycles. The number of thiophene rings is 1. The molecule has 1 aromatic heterocycles. The highest BCUT2D eigenvalue weighted by Gasteiger charge is 2.30. The summed E-state index contributed by atoms with van der Waals surface area (Å²) < 4.78 is 26.8. The second-order valence-corrected chi connectivity index (χ2v) is 9.86. The number of piperidine rings is 1. The lowest BCUT2D eigenvalue weighted by atomic mass is 9.98. The van der Waals surface area contributed by atoms with E-state index in [0.29, 0.717) is 37.4 Å². The molecule has 0 spiro atoms. The average molecular weight is 386 g/mol. The molecule has 3 rings (SSSR count). The topological polar surface area (TPSA) is 95.0 Å². The van der Waals surface area contributed by atoms with Crippen LogP contribution >= 0.6 is 11.3 Å². The lowest BCUT2D eigenvalue weighted by Crippen LogP contribution is -2.42. The predicted molar refractivity (Wildman–Crippen MR) is 93.0 cm³/mol. The molecule has 7 nitrogen and oxygen atoms in total. The van der Waals surface area contributed by atoms with Crippen LogP contribution in [0.1, 0.15) is 30.6 Å². The van der Waals surface area contributed by atoms with Crippen molar-refractivity contribution in [2.24, 2.45) is 5.92 Å². The average Bonchev–Trinajstić information content (AvgIpc) is 3.27. The van der Waals surface area contributed by atoms with Crippen molar-refractivity contribution < 1.29 is 23.1 Å². The number of likely N-dealkylation sites (tertiary alicyclic amines) is 1. The van der Waals surface area contributed by atoms with Crippen LogP contribution in [0.25, 0.3) is 0 Å². The summed E-state index contributed by atoms with van der Waals surface area (Å²) in [6.45, 7) is 1.91. The van der Waals surface area contributed by atoms with Gasteiger partial charge in [-0.1, -0.05) is 0 Å². The van der Waals surface area contributed by atoms with Crippen molar-refractivity contribution in [1.29, 1.82) is 0 Å². The summed E-state index contributed by atoms with van der Waals surface area (Å²) in [6.07, 6.45) is 3.16. The second kappa shape index (κ2) is 7.43. The third-order valence-electron chi connectivity index (χ3n) is 4.74. The first-order valence-corrected chi connectivity index (χ1v) is 10.7. The highest BCUT2D eigenvalue weighted by Crippen LogP contribution is 2.28. The normalized spacial score (nSPS) is 22.2. The summed E-state index contributed by atoms with van der Waals surface area (Å²) in [4.78, 5) is 25.8. The smallest absolute Gasteiger partial charge is 0.308 e. The Balaban J connectivity index is 1.65. The number of carbonyl (C=O) groups excluding carboxylic acids is 1. The summed E-state index contributed by atoms with van der Waals surface area (Å²) >= 11 is 1.13. The van der Waals surface area contributed by atoms with Crippen LogP contribution in [0.3, 0.4) is 0 Å². The molecular weight excluding hydrogens is 364 g/mol. The Hall–Kier alpha value is -1.45. The number of nitrogens with zero attached hydrogens (tertiary/aromatic N) is 2. The molecule has 1 aromatic rings. The van der Waals surface area contributed by atoms with Crippen molar-refractivity contribution in [3.63, 3.8) is 0 Å². The minimum atomic E-state index is -3.45. The van der Waals surface area contributed by atoms with Crippen molar-refractivity contribution in [2.45, 2.75) is 36.3 Å². The molecule has 1 N–H and O–H groups in total. The zero-order chi connectivity index (χ0) is 18.0. The van der Waals surface area contributed by atoms with Crippen LogP contribution in [0.4, 0.5) is 0 Å². The van der Waals surface area contributed by atoms with Crippen LogP contribution in [0, 0.1) is 5.92 Å². The monoisotopic (exact) mass is 386 g/mol. The van der Waals surface area contributed by atoms with E-state index in [1.54, 1.807) is 17.0 Å². The van der Waals surface area contributed by atoms with Gasteiger partial charge in [-0.15, -0.1) is 11.3 Å². The molecule has 2 aliphatic heterocycles. The summed E-state index contributed by atoms with van der Waals surface area (Å²) in [6, 6.07) is 3.25. The van der Waals surface area contributed by atoms with E-state index in [1.807, 2.05) is 0 Å². The number of sulfonamides is 1. The number of carboxylic acid groups (broad SMARTS) is 1. The van der Waals surface area contributed by atoms with Crippen LogP contribution in [0.5, 0.6) is 0 Å². The predicted octanol–water partition coefficient (Wildman–Crippen LogP) is 1.40. The zero-order valence-electron chi connectivity index (χ0n) is 13.9. The molecule has 1 unspecified atom stereocenters. The third-order valence-corrected chi connectivity index (χ3v) is 8.20. The maximum Gasteiger partial charge on any atom is 0.308 e. The van der Waals surface area contributed by atoms with Gasteiger partial charge >= 0.3 is 5.97 Å². The first kappa shape index (κ1) is 18.3. The standard InChI is InChI=1S/C16H22N2O5S2/c19-14(17-7-3-4-12(11-17)16(20)21)10-13-5-6-15(24-13)25(22,23)18-8-1-2-9-18/h5-6,12H,1-4,7-11H2,(H,20,21). The highest BCUT2D eigenvalue weighted by atomic mass is 32.2. The van der Waals surface area contributed by atoms with Crippen molar-refractivity contribution in [1.82, 2.24) is 9.21 Å². The molecule has 2 aliphatic rings.